The van der Waals surface area contributed by atoms with Crippen LogP contribution < -0.4 is 10.6 Å². The van der Waals surface area contributed by atoms with Gasteiger partial charge in [0.15, 0.2) is 11.4 Å². The number of carbonyl (C=O) groups excluding carboxylic acids is 3. The Morgan fingerprint density at radius 1 is 1.23 bits per heavy atom. The lowest BCUT2D eigenvalue weighted by atomic mass is 10.2. The van der Waals surface area contributed by atoms with Crippen LogP contribution in [0.5, 0.6) is 0 Å². The fourth-order valence-corrected chi connectivity index (χ4v) is 2.94. The largest absolute Gasteiger partial charge is 0.442 e. The van der Waals surface area contributed by atoms with Gasteiger partial charge in [-0.2, -0.15) is 0 Å². The molecule has 0 bridgehead atoms. The smallest absolute Gasteiger partial charge is 0.304 e. The third kappa shape index (κ3) is 5.82. The number of nitrogens with zero attached hydrogens (tertiary/aromatic N) is 1. The molecule has 2 amide bonds. The molecule has 0 fully saturated rings. The van der Waals surface area contributed by atoms with E-state index in [2.05, 4.69) is 15.6 Å². The van der Waals surface area contributed by atoms with Crippen LogP contribution in [0.2, 0.25) is 0 Å². The molecular weight excluding hydrogens is 354 g/mol. The van der Waals surface area contributed by atoms with Crippen molar-refractivity contribution in [1.29, 1.82) is 0 Å². The van der Waals surface area contributed by atoms with Crippen molar-refractivity contribution in [3.8, 4) is 0 Å². The molecule has 26 heavy (non-hydrogen) atoms. The summed E-state index contributed by atoms with van der Waals surface area (Å²) in [6.07, 6.45) is 2.33. The van der Waals surface area contributed by atoms with Gasteiger partial charge in [0.05, 0.1) is 5.69 Å². The Kier molecular flexibility index (Phi) is 6.62. The van der Waals surface area contributed by atoms with Crippen molar-refractivity contribution >= 4 is 40.3 Å². The van der Waals surface area contributed by atoms with Gasteiger partial charge in [-0.15, -0.1) is 0 Å². The zero-order valence-electron chi connectivity index (χ0n) is 14.6. The summed E-state index contributed by atoms with van der Waals surface area (Å²) in [5.41, 5.74) is 1.38. The van der Waals surface area contributed by atoms with Crippen LogP contribution in [-0.4, -0.2) is 29.0 Å². The number of benzene rings is 1. The molecule has 1 aromatic heterocycles. The van der Waals surface area contributed by atoms with E-state index in [1.165, 1.54) is 13.0 Å². The summed E-state index contributed by atoms with van der Waals surface area (Å²) in [5, 5.41) is 5.49. The van der Waals surface area contributed by atoms with E-state index in [1.54, 1.807) is 19.9 Å². The summed E-state index contributed by atoms with van der Waals surface area (Å²) in [5.74, 6) is -1.26. The van der Waals surface area contributed by atoms with Gasteiger partial charge in [0.25, 0.3) is 5.91 Å². The summed E-state index contributed by atoms with van der Waals surface area (Å²) in [6.45, 7) is 4.47. The highest BCUT2D eigenvalue weighted by Gasteiger charge is 2.18. The summed E-state index contributed by atoms with van der Waals surface area (Å²) in [7, 11) is 0. The van der Waals surface area contributed by atoms with Crippen molar-refractivity contribution in [3.63, 3.8) is 0 Å². The molecule has 0 aliphatic carbocycles. The third-order valence-electron chi connectivity index (χ3n) is 3.14. The first kappa shape index (κ1) is 19.3. The molecule has 1 unspecified atom stereocenters. The van der Waals surface area contributed by atoms with E-state index in [0.29, 0.717) is 15.7 Å². The fraction of sp³-hybridized carbons (Fsp3) is 0.222. The zero-order valence-corrected chi connectivity index (χ0v) is 15.4. The summed E-state index contributed by atoms with van der Waals surface area (Å²) < 4.78 is 4.86. The van der Waals surface area contributed by atoms with Crippen LogP contribution in [0.4, 0.5) is 5.13 Å². The van der Waals surface area contributed by atoms with Crippen molar-refractivity contribution in [1.82, 2.24) is 10.3 Å². The minimum absolute atomic E-state index is 0.315. The molecule has 0 radical (unpaired) electrons. The van der Waals surface area contributed by atoms with Crippen LogP contribution in [0.25, 0.3) is 6.08 Å². The third-order valence-corrected chi connectivity index (χ3v) is 4.21. The SMILES string of the molecule is CC(=O)OC(C)NC(=O)c1sc(NC(=O)C=Cc2ccccc2)nc1C. The van der Waals surface area contributed by atoms with E-state index >= 15 is 0 Å². The van der Waals surface area contributed by atoms with E-state index in [1.807, 2.05) is 30.3 Å². The predicted octanol–water partition coefficient (Wildman–Crippen LogP) is 2.74. The first-order valence-corrected chi connectivity index (χ1v) is 8.66. The number of hydrogen-bond acceptors (Lipinski definition) is 6. The average Bonchev–Trinajstić information content (AvgIpc) is 2.93. The first-order valence-electron chi connectivity index (χ1n) is 7.85. The maximum absolute atomic E-state index is 12.2. The number of aromatic nitrogens is 1. The molecule has 136 valence electrons. The summed E-state index contributed by atoms with van der Waals surface area (Å²) >= 11 is 1.05. The molecule has 0 spiro atoms. The number of amides is 2. The van der Waals surface area contributed by atoms with Crippen LogP contribution in [0.1, 0.15) is 34.8 Å². The number of thiazole rings is 1. The molecule has 8 heteroatoms. The highest BCUT2D eigenvalue weighted by molar-refractivity contribution is 7.17. The number of hydrogen-bond donors (Lipinski definition) is 2. The minimum atomic E-state index is -0.756. The van der Waals surface area contributed by atoms with Crippen molar-refractivity contribution in [2.45, 2.75) is 27.0 Å². The maximum atomic E-state index is 12.2. The quantitative estimate of drug-likeness (QED) is 0.461. The lowest BCUT2D eigenvalue weighted by Gasteiger charge is -2.12. The molecule has 2 rings (SSSR count). The number of nitrogens with one attached hydrogen (secondary N) is 2. The molecule has 1 aromatic carbocycles. The second kappa shape index (κ2) is 8.91. The molecule has 0 aliphatic rings. The van der Waals surface area contributed by atoms with Gasteiger partial charge in [0.2, 0.25) is 5.91 Å². The van der Waals surface area contributed by atoms with Crippen LogP contribution in [0.3, 0.4) is 0 Å². The second-order valence-corrected chi connectivity index (χ2v) is 6.39. The standard InChI is InChI=1S/C18H19N3O4S/c1-11-16(17(24)20-12(2)25-13(3)22)26-18(19-11)21-15(23)10-9-14-7-5-4-6-8-14/h4-10,12H,1-3H3,(H,20,24)(H,19,21,23). The topological polar surface area (TPSA) is 97.4 Å². The van der Waals surface area contributed by atoms with Gasteiger partial charge in [-0.1, -0.05) is 41.7 Å². The normalized spacial score (nSPS) is 11.8. The first-order chi connectivity index (χ1) is 12.3. The van der Waals surface area contributed by atoms with E-state index in [4.69, 9.17) is 4.74 Å². The fourth-order valence-electron chi connectivity index (χ4n) is 2.07. The highest BCUT2D eigenvalue weighted by atomic mass is 32.1. The Balaban J connectivity index is 1.98. The molecule has 2 aromatic rings. The number of anilines is 1. The van der Waals surface area contributed by atoms with E-state index < -0.39 is 18.1 Å². The van der Waals surface area contributed by atoms with Gasteiger partial charge in [-0.05, 0) is 25.5 Å². The van der Waals surface area contributed by atoms with Crippen LogP contribution >= 0.6 is 11.3 Å². The van der Waals surface area contributed by atoms with Crippen molar-refractivity contribution < 1.29 is 19.1 Å². The lowest BCUT2D eigenvalue weighted by Crippen LogP contribution is -2.35. The Morgan fingerprint density at radius 3 is 2.58 bits per heavy atom. The molecule has 0 aliphatic heterocycles. The van der Waals surface area contributed by atoms with Gasteiger partial charge in [-0.25, -0.2) is 4.98 Å². The van der Waals surface area contributed by atoms with Crippen molar-refractivity contribution in [3.05, 3.63) is 52.5 Å². The maximum Gasteiger partial charge on any atom is 0.304 e. The summed E-state index contributed by atoms with van der Waals surface area (Å²) in [4.78, 5) is 39.6. The molecule has 2 N–H and O–H groups in total. The van der Waals surface area contributed by atoms with Gasteiger partial charge in [0.1, 0.15) is 4.88 Å². The van der Waals surface area contributed by atoms with Crippen LogP contribution in [0.15, 0.2) is 36.4 Å². The Morgan fingerprint density at radius 2 is 1.92 bits per heavy atom. The van der Waals surface area contributed by atoms with E-state index in [9.17, 15) is 14.4 Å². The Bertz CT molecular complexity index is 830. The van der Waals surface area contributed by atoms with E-state index in [0.717, 1.165) is 16.9 Å². The van der Waals surface area contributed by atoms with E-state index in [-0.39, 0.29) is 5.91 Å². The number of esters is 1. The molecular formula is C18H19N3O4S. The van der Waals surface area contributed by atoms with Crippen molar-refractivity contribution in [2.75, 3.05) is 5.32 Å². The molecule has 1 atom stereocenters. The molecule has 0 saturated heterocycles. The average molecular weight is 373 g/mol. The van der Waals surface area contributed by atoms with Gasteiger partial charge in [0, 0.05) is 13.0 Å². The Labute approximate surface area is 155 Å². The number of ether oxygens (including phenoxy) is 1. The van der Waals surface area contributed by atoms with Gasteiger partial charge >= 0.3 is 5.97 Å². The lowest BCUT2D eigenvalue weighted by molar-refractivity contribution is -0.146. The Hall–Kier alpha value is -3.00. The minimum Gasteiger partial charge on any atom is -0.442 e. The van der Waals surface area contributed by atoms with Crippen molar-refractivity contribution in [2.24, 2.45) is 0 Å². The second-order valence-electron chi connectivity index (χ2n) is 5.39. The van der Waals surface area contributed by atoms with Gasteiger partial charge < -0.3 is 10.1 Å². The highest BCUT2D eigenvalue weighted by Crippen LogP contribution is 2.22. The number of rotatable bonds is 6. The summed E-state index contributed by atoms with van der Waals surface area (Å²) in [6, 6.07) is 9.41. The number of carbonyl (C=O) groups is 3. The predicted molar refractivity (Wildman–Crippen MR) is 99.7 cm³/mol. The van der Waals surface area contributed by atoms with Gasteiger partial charge in [-0.3, -0.25) is 19.7 Å². The van der Waals surface area contributed by atoms with Crippen LogP contribution in [0, 0.1) is 6.92 Å². The molecule has 1 heterocycles. The monoisotopic (exact) mass is 373 g/mol. The zero-order chi connectivity index (χ0) is 19.1. The van der Waals surface area contributed by atoms with Crippen LogP contribution in [-0.2, 0) is 14.3 Å². The molecule has 7 nitrogen and oxygen atoms in total. The number of aryl methyl sites for hydroxylation is 1. The molecule has 0 saturated carbocycles.